The third-order valence-corrected chi connectivity index (χ3v) is 7.36. The maximum atomic E-state index is 14.0. The first-order valence-electron chi connectivity index (χ1n) is 12.8. The van der Waals surface area contributed by atoms with Crippen molar-refractivity contribution in [3.63, 3.8) is 0 Å². The molecule has 0 amide bonds. The number of aryl methyl sites for hydroxylation is 1. The summed E-state index contributed by atoms with van der Waals surface area (Å²) < 4.78 is 4.53. The summed E-state index contributed by atoms with van der Waals surface area (Å²) in [6.45, 7) is 3.52. The van der Waals surface area contributed by atoms with Gasteiger partial charge in [-0.05, 0) is 31.2 Å². The summed E-state index contributed by atoms with van der Waals surface area (Å²) in [6.07, 6.45) is 1.89. The topological polar surface area (TPSA) is 104 Å². The zero-order chi connectivity index (χ0) is 26.4. The molecule has 0 bridgehead atoms. The number of nitrogens with two attached hydrogens (primary N) is 1. The van der Waals surface area contributed by atoms with Gasteiger partial charge in [0.1, 0.15) is 0 Å². The van der Waals surface area contributed by atoms with Gasteiger partial charge in [-0.3, -0.25) is 23.5 Å². The van der Waals surface area contributed by atoms with Crippen LogP contribution >= 0.6 is 0 Å². The summed E-state index contributed by atoms with van der Waals surface area (Å²) in [5.74, 6) is 6.62. The van der Waals surface area contributed by atoms with Crippen LogP contribution in [0.25, 0.3) is 32.8 Å². The molecule has 3 aromatic heterocycles. The second-order valence-electron chi connectivity index (χ2n) is 9.80. The molecule has 4 heterocycles. The van der Waals surface area contributed by atoms with E-state index in [1.165, 1.54) is 9.13 Å². The van der Waals surface area contributed by atoms with Gasteiger partial charge >= 0.3 is 5.69 Å². The van der Waals surface area contributed by atoms with Crippen molar-refractivity contribution in [1.29, 1.82) is 0 Å². The number of pyridine rings is 1. The lowest BCUT2D eigenvalue weighted by Gasteiger charge is -2.31. The maximum absolute atomic E-state index is 14.0. The molecule has 0 radical (unpaired) electrons. The highest BCUT2D eigenvalue weighted by Crippen LogP contribution is 2.27. The zero-order valence-electron chi connectivity index (χ0n) is 21.5. The van der Waals surface area contributed by atoms with Crippen LogP contribution in [0, 0.1) is 11.8 Å². The molecule has 1 fully saturated rings. The van der Waals surface area contributed by atoms with Crippen molar-refractivity contribution >= 4 is 38.8 Å². The number of benzene rings is 2. The van der Waals surface area contributed by atoms with Crippen molar-refractivity contribution in [3.05, 3.63) is 75.1 Å². The molecular formula is C30H33N7O2. The molecule has 5 aromatic rings. The van der Waals surface area contributed by atoms with Crippen molar-refractivity contribution in [3.8, 4) is 11.8 Å². The lowest BCUT2D eigenvalue weighted by molar-refractivity contribution is 0.496. The lowest BCUT2D eigenvalue weighted by Crippen LogP contribution is -2.44. The molecule has 0 saturated carbocycles. The normalized spacial score (nSPS) is 15.4. The van der Waals surface area contributed by atoms with Crippen molar-refractivity contribution in [2.24, 2.45) is 12.8 Å². The first kappa shape index (κ1) is 26.2. The minimum Gasteiger partial charge on any atom is -0.341 e. The van der Waals surface area contributed by atoms with Crippen LogP contribution in [0.2, 0.25) is 0 Å². The highest BCUT2D eigenvalue weighted by Gasteiger charge is 2.26. The summed E-state index contributed by atoms with van der Waals surface area (Å²) in [7, 11) is 1.65. The van der Waals surface area contributed by atoms with Gasteiger partial charge in [0, 0.05) is 37.0 Å². The monoisotopic (exact) mass is 523 g/mol. The Bertz CT molecular complexity index is 1890. The van der Waals surface area contributed by atoms with Gasteiger partial charge in [0.25, 0.3) is 5.56 Å². The number of hydrogen-bond donors (Lipinski definition) is 1. The van der Waals surface area contributed by atoms with E-state index in [0.29, 0.717) is 35.9 Å². The Morgan fingerprint density at radius 1 is 1.00 bits per heavy atom. The SMILES string of the molecule is C.CC#CCn1c(N2CCCC(N)C2)nc2c1c(=O)n(Cc1nc3ccccc3c3ccccc13)c(=O)n2C. The molecule has 1 aliphatic heterocycles. The number of para-hydroxylation sites is 1. The van der Waals surface area contributed by atoms with Gasteiger partial charge in [0.05, 0.1) is 24.3 Å². The number of nitrogens with zero attached hydrogens (tertiary/aromatic N) is 6. The van der Waals surface area contributed by atoms with E-state index in [9.17, 15) is 9.59 Å². The molecule has 0 spiro atoms. The molecule has 9 heteroatoms. The van der Waals surface area contributed by atoms with Crippen molar-refractivity contribution in [2.45, 2.75) is 46.3 Å². The van der Waals surface area contributed by atoms with E-state index in [0.717, 1.165) is 41.1 Å². The minimum absolute atomic E-state index is 0. The smallest absolute Gasteiger partial charge is 0.332 e. The third-order valence-electron chi connectivity index (χ3n) is 7.36. The fourth-order valence-electron chi connectivity index (χ4n) is 5.48. The van der Waals surface area contributed by atoms with Crippen LogP contribution in [-0.4, -0.2) is 42.8 Å². The van der Waals surface area contributed by atoms with E-state index in [1.54, 1.807) is 14.0 Å². The molecule has 1 aliphatic rings. The molecule has 6 rings (SSSR count). The number of imidazole rings is 1. The van der Waals surface area contributed by atoms with Gasteiger partial charge in [-0.25, -0.2) is 4.79 Å². The average Bonchev–Trinajstić information content (AvgIpc) is 3.33. The minimum atomic E-state index is -0.435. The summed E-state index contributed by atoms with van der Waals surface area (Å²) in [5, 5.41) is 2.97. The Morgan fingerprint density at radius 2 is 1.72 bits per heavy atom. The Kier molecular flexibility index (Phi) is 6.98. The predicted molar refractivity (Wildman–Crippen MR) is 157 cm³/mol. The standard InChI is InChI=1S/C29H29N7O2.CH4/c1-3-4-16-35-25-26(32-28(35)34-15-9-10-19(30)17-34)33(2)29(38)36(27(25)37)18-24-22-13-6-5-11-20(22)21-12-7-8-14-23(21)31-24;/h5-8,11-14,19H,9-10,15-18,30H2,1-2H3;1H4. The van der Waals surface area contributed by atoms with Gasteiger partial charge in [-0.2, -0.15) is 4.98 Å². The molecule has 1 saturated heterocycles. The Balaban J connectivity index is 0.00000308. The summed E-state index contributed by atoms with van der Waals surface area (Å²) >= 11 is 0. The van der Waals surface area contributed by atoms with Crippen LogP contribution in [0.5, 0.6) is 0 Å². The quantitative estimate of drug-likeness (QED) is 0.287. The highest BCUT2D eigenvalue weighted by molar-refractivity contribution is 6.06. The fraction of sp³-hybridized carbons (Fsp3) is 0.333. The maximum Gasteiger partial charge on any atom is 0.332 e. The van der Waals surface area contributed by atoms with Crippen LogP contribution in [0.15, 0.2) is 58.1 Å². The van der Waals surface area contributed by atoms with E-state index in [2.05, 4.69) is 16.7 Å². The van der Waals surface area contributed by atoms with Crippen LogP contribution in [0.4, 0.5) is 5.95 Å². The van der Waals surface area contributed by atoms with Crippen LogP contribution < -0.4 is 21.9 Å². The van der Waals surface area contributed by atoms with Gasteiger partial charge < -0.3 is 10.6 Å². The molecule has 2 N–H and O–H groups in total. The highest BCUT2D eigenvalue weighted by atomic mass is 16.2. The number of hydrogen-bond acceptors (Lipinski definition) is 6. The van der Waals surface area contributed by atoms with Crippen molar-refractivity contribution < 1.29 is 0 Å². The van der Waals surface area contributed by atoms with Crippen LogP contribution in [0.3, 0.4) is 0 Å². The molecule has 2 aromatic carbocycles. The number of rotatable bonds is 4. The predicted octanol–water partition coefficient (Wildman–Crippen LogP) is 3.23. The van der Waals surface area contributed by atoms with E-state index in [1.807, 2.05) is 53.1 Å². The number of fused-ring (bicyclic) bond motifs is 4. The molecule has 200 valence electrons. The molecule has 9 nitrogen and oxygen atoms in total. The second kappa shape index (κ2) is 10.4. The number of piperidine rings is 1. The first-order chi connectivity index (χ1) is 18.5. The van der Waals surface area contributed by atoms with Gasteiger partial charge in [-0.15, -0.1) is 5.92 Å². The molecule has 0 aliphatic carbocycles. The average molecular weight is 524 g/mol. The van der Waals surface area contributed by atoms with Crippen molar-refractivity contribution in [2.75, 3.05) is 18.0 Å². The Morgan fingerprint density at radius 3 is 2.46 bits per heavy atom. The number of anilines is 1. The van der Waals surface area contributed by atoms with Gasteiger partial charge in [0.2, 0.25) is 5.95 Å². The Hall–Kier alpha value is -4.42. The van der Waals surface area contributed by atoms with E-state index >= 15 is 0 Å². The fourth-order valence-corrected chi connectivity index (χ4v) is 5.48. The van der Waals surface area contributed by atoms with Crippen LogP contribution in [-0.2, 0) is 20.1 Å². The van der Waals surface area contributed by atoms with E-state index in [4.69, 9.17) is 15.7 Å². The molecule has 1 unspecified atom stereocenters. The molecule has 1 atom stereocenters. The lowest BCUT2D eigenvalue weighted by atomic mass is 10.0. The van der Waals surface area contributed by atoms with Gasteiger partial charge in [0.15, 0.2) is 11.2 Å². The summed E-state index contributed by atoms with van der Waals surface area (Å²) in [6, 6.07) is 15.9. The summed E-state index contributed by atoms with van der Waals surface area (Å²) in [4.78, 5) is 39.3. The van der Waals surface area contributed by atoms with Crippen molar-refractivity contribution in [1.82, 2.24) is 23.7 Å². The van der Waals surface area contributed by atoms with E-state index < -0.39 is 11.2 Å². The zero-order valence-corrected chi connectivity index (χ0v) is 21.5. The first-order valence-corrected chi connectivity index (χ1v) is 12.8. The van der Waals surface area contributed by atoms with E-state index in [-0.39, 0.29) is 20.0 Å². The number of aromatic nitrogens is 5. The Labute approximate surface area is 226 Å². The molecular weight excluding hydrogens is 490 g/mol. The largest absolute Gasteiger partial charge is 0.341 e. The summed E-state index contributed by atoms with van der Waals surface area (Å²) in [5.41, 5.74) is 7.60. The molecule has 39 heavy (non-hydrogen) atoms. The van der Waals surface area contributed by atoms with Gasteiger partial charge in [-0.1, -0.05) is 55.8 Å². The van der Waals surface area contributed by atoms with Crippen LogP contribution in [0.1, 0.15) is 32.9 Å². The second-order valence-corrected chi connectivity index (χ2v) is 9.80. The third kappa shape index (κ3) is 4.37.